The molecule has 42 heavy (non-hydrogen) atoms. The lowest BCUT2D eigenvalue weighted by Crippen LogP contribution is -2.19. The van der Waals surface area contributed by atoms with Crippen molar-refractivity contribution in [1.82, 2.24) is 4.98 Å². The minimum atomic E-state index is -0.513. The van der Waals surface area contributed by atoms with E-state index in [1.54, 1.807) is 36.5 Å². The van der Waals surface area contributed by atoms with Crippen LogP contribution in [-0.4, -0.2) is 10.8 Å². The number of aryl methyl sites for hydroxylation is 2. The highest BCUT2D eigenvalue weighted by molar-refractivity contribution is 7.22. The summed E-state index contributed by atoms with van der Waals surface area (Å²) in [4.78, 5) is 18.6. The van der Waals surface area contributed by atoms with Gasteiger partial charge in [-0.2, -0.15) is 0 Å². The zero-order valence-electron chi connectivity index (χ0n) is 23.6. The van der Waals surface area contributed by atoms with Crippen LogP contribution in [0, 0.1) is 17.0 Å². The first-order chi connectivity index (χ1) is 20.4. The molecule has 0 atom stereocenters. The Hall–Kier alpha value is -3.84. The Morgan fingerprint density at radius 2 is 1.76 bits per heavy atom. The largest absolute Gasteiger partial charge is 0.460 e. The number of carbonyl (C=O) groups is 1. The molecule has 6 rings (SSSR count). The molecule has 0 saturated heterocycles. The number of halogens is 2. The van der Waals surface area contributed by atoms with E-state index < -0.39 is 5.82 Å². The summed E-state index contributed by atoms with van der Waals surface area (Å²) in [7, 11) is 0. The topological polar surface area (TPSA) is 52.3 Å². The Morgan fingerprint density at radius 1 is 0.952 bits per heavy atom. The van der Waals surface area contributed by atoms with Crippen molar-refractivity contribution in [2.75, 3.05) is 0 Å². The van der Waals surface area contributed by atoms with Gasteiger partial charge in [0.2, 0.25) is 0 Å². The maximum absolute atomic E-state index is 15.2. The fraction of sp³-hybridized carbons (Fsp3) is 0.314. The number of ketones is 1. The quantitative estimate of drug-likeness (QED) is 0.129. The van der Waals surface area contributed by atoms with E-state index in [-0.39, 0.29) is 29.2 Å². The predicted octanol–water partition coefficient (Wildman–Crippen LogP) is 9.88. The van der Waals surface area contributed by atoms with Crippen LogP contribution in [0.4, 0.5) is 8.78 Å². The first-order valence-electron chi connectivity index (χ1n) is 14.6. The van der Waals surface area contributed by atoms with Crippen molar-refractivity contribution in [2.24, 2.45) is 5.41 Å². The highest BCUT2D eigenvalue weighted by Crippen LogP contribution is 2.51. The van der Waals surface area contributed by atoms with Crippen LogP contribution in [-0.2, 0) is 24.1 Å². The van der Waals surface area contributed by atoms with E-state index in [0.29, 0.717) is 11.3 Å². The molecule has 2 aromatic carbocycles. The molecule has 3 heterocycles. The fourth-order valence-electron chi connectivity index (χ4n) is 5.39. The van der Waals surface area contributed by atoms with Crippen LogP contribution in [0.1, 0.15) is 62.3 Å². The van der Waals surface area contributed by atoms with Crippen molar-refractivity contribution in [3.63, 3.8) is 0 Å². The third kappa shape index (κ3) is 6.31. The number of carbonyl (C=O) groups excluding carboxylic acids is 1. The molecule has 1 aliphatic rings. The molecule has 0 bridgehead atoms. The summed E-state index contributed by atoms with van der Waals surface area (Å²) in [5.41, 5.74) is 2.05. The van der Waals surface area contributed by atoms with Crippen molar-refractivity contribution >= 4 is 27.3 Å². The molecule has 1 aliphatic carbocycles. The standard InChI is InChI=1S/C35H33F2NO3S/c1-2-3-4-5-26-11-13-30(40-26)32-22-28-34(42-32)31(15-19-38-28)41-29-12-8-24(20-27(29)37)21-33(39)35(17-18-35)16-14-23-6-9-25(36)10-7-23/h6-13,15,19-20,22H,2-5,14,16-18,21H2,1H3. The molecule has 5 aromatic rings. The summed E-state index contributed by atoms with van der Waals surface area (Å²) in [6.07, 6.45) is 9.33. The van der Waals surface area contributed by atoms with Crippen molar-refractivity contribution in [3.8, 4) is 22.1 Å². The number of hydrogen-bond acceptors (Lipinski definition) is 5. The maximum atomic E-state index is 15.2. The van der Waals surface area contributed by atoms with Crippen LogP contribution in [0.25, 0.3) is 20.9 Å². The third-order valence-electron chi connectivity index (χ3n) is 8.14. The van der Waals surface area contributed by atoms with Gasteiger partial charge in [-0.25, -0.2) is 8.78 Å². The number of hydrogen-bond donors (Lipinski definition) is 0. The minimum Gasteiger partial charge on any atom is -0.460 e. The summed E-state index contributed by atoms with van der Waals surface area (Å²) in [6.45, 7) is 2.18. The van der Waals surface area contributed by atoms with Gasteiger partial charge in [-0.1, -0.05) is 38.0 Å². The van der Waals surface area contributed by atoms with Gasteiger partial charge in [-0.05, 0) is 85.7 Å². The number of fused-ring (bicyclic) bond motifs is 1. The number of furan rings is 1. The number of unbranched alkanes of at least 4 members (excludes halogenated alkanes) is 2. The molecule has 0 spiro atoms. The van der Waals surface area contributed by atoms with Gasteiger partial charge in [0.25, 0.3) is 0 Å². The highest BCUT2D eigenvalue weighted by Gasteiger charge is 2.48. The van der Waals surface area contributed by atoms with Gasteiger partial charge < -0.3 is 9.15 Å². The number of thiophene rings is 1. The first kappa shape index (κ1) is 28.3. The van der Waals surface area contributed by atoms with Gasteiger partial charge in [0, 0.05) is 30.5 Å². The number of benzene rings is 2. The van der Waals surface area contributed by atoms with Gasteiger partial charge in [0.1, 0.15) is 28.9 Å². The summed E-state index contributed by atoms with van der Waals surface area (Å²) in [5.74, 6) is 1.74. The Balaban J connectivity index is 1.12. The zero-order chi connectivity index (χ0) is 29.1. The van der Waals surface area contributed by atoms with Gasteiger partial charge in [-0.3, -0.25) is 9.78 Å². The van der Waals surface area contributed by atoms with Crippen molar-refractivity contribution in [2.45, 2.75) is 64.7 Å². The number of pyridine rings is 1. The third-order valence-corrected chi connectivity index (χ3v) is 9.29. The number of rotatable bonds is 13. The molecule has 0 unspecified atom stereocenters. The van der Waals surface area contributed by atoms with Crippen molar-refractivity contribution in [3.05, 3.63) is 101 Å². The van der Waals surface area contributed by atoms with E-state index in [4.69, 9.17) is 9.15 Å². The normalized spacial score (nSPS) is 13.9. The molecule has 216 valence electrons. The summed E-state index contributed by atoms with van der Waals surface area (Å²) in [6, 6.07) is 18.9. The fourth-order valence-corrected chi connectivity index (χ4v) is 6.42. The average molecular weight is 586 g/mol. The number of Topliss-reactive ketones (excluding diaryl/α,β-unsaturated/α-hetero) is 1. The number of aromatic nitrogens is 1. The molecule has 0 N–H and O–H groups in total. The van der Waals surface area contributed by atoms with E-state index in [2.05, 4.69) is 11.9 Å². The highest BCUT2D eigenvalue weighted by atomic mass is 32.1. The number of ether oxygens (including phenoxy) is 1. The monoisotopic (exact) mass is 585 g/mol. The van der Waals surface area contributed by atoms with Gasteiger partial charge in [-0.15, -0.1) is 11.3 Å². The van der Waals surface area contributed by atoms with E-state index in [1.165, 1.54) is 42.4 Å². The van der Waals surface area contributed by atoms with Gasteiger partial charge in [0.05, 0.1) is 15.1 Å². The van der Waals surface area contributed by atoms with E-state index in [1.807, 2.05) is 18.2 Å². The van der Waals surface area contributed by atoms with Crippen LogP contribution in [0.2, 0.25) is 0 Å². The Labute approximate surface area is 248 Å². The Morgan fingerprint density at radius 3 is 2.52 bits per heavy atom. The molecule has 3 aromatic heterocycles. The molecule has 0 radical (unpaired) electrons. The lowest BCUT2D eigenvalue weighted by Gasteiger charge is -2.15. The molecule has 0 aliphatic heterocycles. The second kappa shape index (κ2) is 12.2. The van der Waals surface area contributed by atoms with Gasteiger partial charge in [0.15, 0.2) is 11.6 Å². The zero-order valence-corrected chi connectivity index (χ0v) is 24.4. The minimum absolute atomic E-state index is 0.0994. The SMILES string of the molecule is CCCCCc1ccc(-c2cc3nccc(Oc4ccc(CC(=O)C5(CCc6ccc(F)cc6)CC5)cc4F)c3s2)o1. The van der Waals surface area contributed by atoms with Crippen LogP contribution in [0.5, 0.6) is 11.5 Å². The smallest absolute Gasteiger partial charge is 0.166 e. The molecule has 4 nitrogen and oxygen atoms in total. The molecular formula is C35H33F2NO3S. The Bertz CT molecular complexity index is 1700. The summed E-state index contributed by atoms with van der Waals surface area (Å²) < 4.78 is 41.3. The summed E-state index contributed by atoms with van der Waals surface area (Å²) in [5, 5.41) is 0. The van der Waals surface area contributed by atoms with Crippen LogP contribution >= 0.6 is 11.3 Å². The summed E-state index contributed by atoms with van der Waals surface area (Å²) >= 11 is 1.50. The second-order valence-electron chi connectivity index (χ2n) is 11.2. The lowest BCUT2D eigenvalue weighted by molar-refractivity contribution is -0.123. The van der Waals surface area contributed by atoms with Crippen LogP contribution in [0.3, 0.4) is 0 Å². The lowest BCUT2D eigenvalue weighted by atomic mass is 9.89. The van der Waals surface area contributed by atoms with E-state index >= 15 is 4.39 Å². The molecule has 0 amide bonds. The molecule has 7 heteroatoms. The molecule has 1 fully saturated rings. The van der Waals surface area contributed by atoms with Crippen molar-refractivity contribution < 1.29 is 22.7 Å². The molecular weight excluding hydrogens is 552 g/mol. The van der Waals surface area contributed by atoms with Gasteiger partial charge >= 0.3 is 0 Å². The second-order valence-corrected chi connectivity index (χ2v) is 12.3. The average Bonchev–Trinajstić information content (AvgIpc) is 3.41. The van der Waals surface area contributed by atoms with E-state index in [0.717, 1.165) is 70.7 Å². The maximum Gasteiger partial charge on any atom is 0.166 e. The van der Waals surface area contributed by atoms with Crippen LogP contribution < -0.4 is 4.74 Å². The Kier molecular flexibility index (Phi) is 8.20. The van der Waals surface area contributed by atoms with Crippen molar-refractivity contribution in [1.29, 1.82) is 0 Å². The predicted molar refractivity (Wildman–Crippen MR) is 162 cm³/mol. The molecule has 1 saturated carbocycles. The van der Waals surface area contributed by atoms with E-state index in [9.17, 15) is 9.18 Å². The first-order valence-corrected chi connectivity index (χ1v) is 15.5. The van der Waals surface area contributed by atoms with Crippen LogP contribution in [0.15, 0.2) is 77.3 Å². The number of nitrogens with zero attached hydrogens (tertiary/aromatic N) is 1.